The zero-order valence-corrected chi connectivity index (χ0v) is 16.0. The minimum Gasteiger partial charge on any atom is -0.488 e. The molecular weight excluding hydrogens is 344 g/mol. The largest absolute Gasteiger partial charge is 0.488 e. The third kappa shape index (κ3) is 4.28. The number of aryl methyl sites for hydroxylation is 2. The highest BCUT2D eigenvalue weighted by atomic mass is 16.5. The zero-order valence-electron chi connectivity index (χ0n) is 16.0. The Morgan fingerprint density at radius 2 is 1.93 bits per heavy atom. The maximum absolute atomic E-state index is 12.8. The lowest BCUT2D eigenvalue weighted by Gasteiger charge is -2.16. The normalized spacial score (nSPS) is 12.1. The van der Waals surface area contributed by atoms with Gasteiger partial charge in [0.1, 0.15) is 18.1 Å². The van der Waals surface area contributed by atoms with E-state index in [1.54, 1.807) is 7.11 Å². The van der Waals surface area contributed by atoms with E-state index in [0.717, 1.165) is 22.0 Å². The van der Waals surface area contributed by atoms with Crippen LogP contribution in [-0.4, -0.2) is 30.8 Å². The first-order valence-corrected chi connectivity index (χ1v) is 8.86. The predicted molar refractivity (Wildman–Crippen MR) is 103 cm³/mol. The van der Waals surface area contributed by atoms with E-state index in [1.165, 1.54) is 0 Å². The van der Waals surface area contributed by atoms with Crippen LogP contribution in [0.1, 0.15) is 34.3 Å². The standard InChI is InChI=1S/C21H24N2O4/c1-13(11-25-4)22-21(24)18-9-16-7-5-6-8-17(16)10-20(18)26-12-19-14(2)23-27-15(19)3/h5-10,13H,11-12H2,1-4H3,(H,22,24)/t13-/m0/s1. The Morgan fingerprint density at radius 1 is 1.22 bits per heavy atom. The van der Waals surface area contributed by atoms with Crippen molar-refractivity contribution >= 4 is 16.7 Å². The molecule has 3 aromatic rings. The van der Waals surface area contributed by atoms with E-state index in [0.29, 0.717) is 23.7 Å². The third-order valence-electron chi connectivity index (χ3n) is 4.44. The molecule has 3 rings (SSSR count). The average molecular weight is 368 g/mol. The molecule has 6 nitrogen and oxygen atoms in total. The number of aromatic nitrogens is 1. The van der Waals surface area contributed by atoms with Crippen molar-refractivity contribution in [3.63, 3.8) is 0 Å². The highest BCUT2D eigenvalue weighted by Gasteiger charge is 2.18. The molecule has 0 saturated heterocycles. The fourth-order valence-corrected chi connectivity index (χ4v) is 2.97. The Labute approximate surface area is 158 Å². The van der Waals surface area contributed by atoms with Crippen molar-refractivity contribution in [2.45, 2.75) is 33.4 Å². The van der Waals surface area contributed by atoms with Crippen LogP contribution in [0.3, 0.4) is 0 Å². The first-order valence-electron chi connectivity index (χ1n) is 8.86. The van der Waals surface area contributed by atoms with Gasteiger partial charge in [0.25, 0.3) is 5.91 Å². The molecule has 142 valence electrons. The number of methoxy groups -OCH3 is 1. The van der Waals surface area contributed by atoms with Crippen molar-refractivity contribution in [3.05, 3.63) is 59.0 Å². The molecule has 2 aromatic carbocycles. The van der Waals surface area contributed by atoms with Gasteiger partial charge in [0.05, 0.1) is 23.4 Å². The van der Waals surface area contributed by atoms with Crippen LogP contribution < -0.4 is 10.1 Å². The molecule has 0 bridgehead atoms. The molecule has 1 heterocycles. The third-order valence-corrected chi connectivity index (χ3v) is 4.44. The van der Waals surface area contributed by atoms with Crippen molar-refractivity contribution in [3.8, 4) is 5.75 Å². The number of hydrogen-bond acceptors (Lipinski definition) is 5. The van der Waals surface area contributed by atoms with E-state index in [2.05, 4.69) is 10.5 Å². The van der Waals surface area contributed by atoms with Gasteiger partial charge in [-0.2, -0.15) is 0 Å². The van der Waals surface area contributed by atoms with Crippen molar-refractivity contribution in [2.75, 3.05) is 13.7 Å². The molecule has 6 heteroatoms. The fraction of sp³-hybridized carbons (Fsp3) is 0.333. The second-order valence-corrected chi connectivity index (χ2v) is 6.62. The lowest BCUT2D eigenvalue weighted by molar-refractivity contribution is 0.0901. The van der Waals surface area contributed by atoms with Gasteiger partial charge in [-0.1, -0.05) is 29.4 Å². The average Bonchev–Trinajstić information content (AvgIpc) is 2.97. The summed E-state index contributed by atoms with van der Waals surface area (Å²) >= 11 is 0. The molecule has 0 saturated carbocycles. The van der Waals surface area contributed by atoms with Crippen LogP contribution in [0.15, 0.2) is 40.9 Å². The van der Waals surface area contributed by atoms with Gasteiger partial charge in [-0.05, 0) is 43.7 Å². The molecule has 0 unspecified atom stereocenters. The number of hydrogen-bond donors (Lipinski definition) is 1. The summed E-state index contributed by atoms with van der Waals surface area (Å²) in [4.78, 5) is 12.8. The second kappa shape index (κ2) is 8.22. The smallest absolute Gasteiger partial charge is 0.255 e. The van der Waals surface area contributed by atoms with Crippen LogP contribution in [0.4, 0.5) is 0 Å². The van der Waals surface area contributed by atoms with E-state index in [-0.39, 0.29) is 18.6 Å². The molecule has 1 aromatic heterocycles. The van der Waals surface area contributed by atoms with Crippen molar-refractivity contribution in [1.82, 2.24) is 10.5 Å². The van der Waals surface area contributed by atoms with Crippen LogP contribution in [0.5, 0.6) is 5.75 Å². The number of fused-ring (bicyclic) bond motifs is 1. The second-order valence-electron chi connectivity index (χ2n) is 6.62. The van der Waals surface area contributed by atoms with Gasteiger partial charge in [-0.25, -0.2) is 0 Å². The Morgan fingerprint density at radius 3 is 2.56 bits per heavy atom. The number of nitrogens with one attached hydrogen (secondary N) is 1. The molecule has 0 aliphatic rings. The van der Waals surface area contributed by atoms with E-state index in [9.17, 15) is 4.79 Å². The summed E-state index contributed by atoms with van der Waals surface area (Å²) < 4.78 is 16.3. The summed E-state index contributed by atoms with van der Waals surface area (Å²) in [5.41, 5.74) is 2.17. The SMILES string of the molecule is COC[C@H](C)NC(=O)c1cc2ccccc2cc1OCc1c(C)noc1C. The highest BCUT2D eigenvalue weighted by molar-refractivity contribution is 6.01. The molecule has 0 aliphatic carbocycles. The molecule has 1 atom stereocenters. The predicted octanol–water partition coefficient (Wildman–Crippen LogP) is 3.79. The summed E-state index contributed by atoms with van der Waals surface area (Å²) in [7, 11) is 1.61. The fourth-order valence-electron chi connectivity index (χ4n) is 2.97. The number of amides is 1. The molecule has 0 fully saturated rings. The van der Waals surface area contributed by atoms with E-state index in [4.69, 9.17) is 14.0 Å². The lowest BCUT2D eigenvalue weighted by atomic mass is 10.0. The Bertz CT molecular complexity index is 929. The van der Waals surface area contributed by atoms with Gasteiger partial charge in [-0.15, -0.1) is 0 Å². The molecule has 27 heavy (non-hydrogen) atoms. The molecule has 1 N–H and O–H groups in total. The maximum atomic E-state index is 12.8. The van der Waals surface area contributed by atoms with Gasteiger partial charge >= 0.3 is 0 Å². The van der Waals surface area contributed by atoms with E-state index < -0.39 is 0 Å². The maximum Gasteiger partial charge on any atom is 0.255 e. The van der Waals surface area contributed by atoms with Crippen LogP contribution in [-0.2, 0) is 11.3 Å². The van der Waals surface area contributed by atoms with Gasteiger partial charge in [-0.3, -0.25) is 4.79 Å². The van der Waals surface area contributed by atoms with Crippen LogP contribution >= 0.6 is 0 Å². The zero-order chi connectivity index (χ0) is 19.4. The number of carbonyl (C=O) groups excluding carboxylic acids is 1. The number of ether oxygens (including phenoxy) is 2. The van der Waals surface area contributed by atoms with E-state index >= 15 is 0 Å². The number of rotatable bonds is 7. The highest BCUT2D eigenvalue weighted by Crippen LogP contribution is 2.28. The quantitative estimate of drug-likeness (QED) is 0.687. The topological polar surface area (TPSA) is 73.6 Å². The van der Waals surface area contributed by atoms with Crippen LogP contribution in [0.25, 0.3) is 10.8 Å². The monoisotopic (exact) mass is 368 g/mol. The van der Waals surface area contributed by atoms with Crippen molar-refractivity contribution in [1.29, 1.82) is 0 Å². The first kappa shape index (κ1) is 18.9. The van der Waals surface area contributed by atoms with Gasteiger partial charge in [0.15, 0.2) is 0 Å². The van der Waals surface area contributed by atoms with Gasteiger partial charge < -0.3 is 19.3 Å². The Balaban J connectivity index is 1.92. The summed E-state index contributed by atoms with van der Waals surface area (Å²) in [5, 5.41) is 8.88. The van der Waals surface area contributed by atoms with E-state index in [1.807, 2.05) is 57.2 Å². The summed E-state index contributed by atoms with van der Waals surface area (Å²) in [6.45, 7) is 6.34. The van der Waals surface area contributed by atoms with Crippen molar-refractivity contribution < 1.29 is 18.8 Å². The molecule has 1 amide bonds. The Kier molecular flexibility index (Phi) is 5.76. The van der Waals surface area contributed by atoms with Crippen LogP contribution in [0, 0.1) is 13.8 Å². The summed E-state index contributed by atoms with van der Waals surface area (Å²) in [5.74, 6) is 1.04. The molecule has 0 spiro atoms. The van der Waals surface area contributed by atoms with Crippen LogP contribution in [0.2, 0.25) is 0 Å². The number of nitrogens with zero attached hydrogens (tertiary/aromatic N) is 1. The van der Waals surface area contributed by atoms with Gasteiger partial charge in [0, 0.05) is 13.2 Å². The summed E-state index contributed by atoms with van der Waals surface area (Å²) in [6.07, 6.45) is 0. The molecule has 0 radical (unpaired) electrons. The molecular formula is C21H24N2O4. The number of carbonyl (C=O) groups is 1. The lowest BCUT2D eigenvalue weighted by Crippen LogP contribution is -2.35. The first-order chi connectivity index (χ1) is 13.0. The number of benzene rings is 2. The van der Waals surface area contributed by atoms with Crippen molar-refractivity contribution in [2.24, 2.45) is 0 Å². The van der Waals surface area contributed by atoms with Gasteiger partial charge in [0.2, 0.25) is 0 Å². The molecule has 0 aliphatic heterocycles. The Hall–Kier alpha value is -2.86. The minimum atomic E-state index is -0.195. The summed E-state index contributed by atoms with van der Waals surface area (Å²) in [6, 6.07) is 11.5. The minimum absolute atomic E-state index is 0.107.